The van der Waals surface area contributed by atoms with Crippen molar-refractivity contribution in [2.75, 3.05) is 13.1 Å². The highest BCUT2D eigenvalue weighted by molar-refractivity contribution is 5.80. The van der Waals surface area contributed by atoms with Gasteiger partial charge >= 0.3 is 12.0 Å². The van der Waals surface area contributed by atoms with Gasteiger partial charge in [-0.05, 0) is 18.9 Å². The molecule has 0 saturated heterocycles. The van der Waals surface area contributed by atoms with Crippen molar-refractivity contribution < 1.29 is 14.7 Å². The monoisotopic (exact) mass is 264 g/mol. The van der Waals surface area contributed by atoms with Crippen molar-refractivity contribution in [3.63, 3.8) is 0 Å². The molecule has 19 heavy (non-hydrogen) atoms. The van der Waals surface area contributed by atoms with E-state index in [0.29, 0.717) is 13.1 Å². The zero-order valence-corrected chi connectivity index (χ0v) is 11.3. The van der Waals surface area contributed by atoms with Gasteiger partial charge in [-0.1, -0.05) is 36.8 Å². The first-order chi connectivity index (χ1) is 9.02. The summed E-state index contributed by atoms with van der Waals surface area (Å²) in [6, 6.07) is 7.49. The van der Waals surface area contributed by atoms with E-state index in [0.717, 1.165) is 17.5 Å². The van der Waals surface area contributed by atoms with E-state index in [1.807, 2.05) is 38.1 Å². The number of aliphatic carboxylic acids is 1. The first-order valence-corrected chi connectivity index (χ1v) is 6.33. The molecule has 0 atom stereocenters. The molecule has 0 fully saturated rings. The number of nitrogens with one attached hydrogen (secondary N) is 1. The van der Waals surface area contributed by atoms with Gasteiger partial charge in [-0.15, -0.1) is 0 Å². The molecular weight excluding hydrogens is 244 g/mol. The first-order valence-electron chi connectivity index (χ1n) is 6.33. The van der Waals surface area contributed by atoms with Gasteiger partial charge < -0.3 is 15.3 Å². The Bertz CT molecular complexity index is 429. The third-order valence-electron chi connectivity index (χ3n) is 2.67. The largest absolute Gasteiger partial charge is 0.480 e. The van der Waals surface area contributed by atoms with Crippen LogP contribution in [0.3, 0.4) is 0 Å². The summed E-state index contributed by atoms with van der Waals surface area (Å²) in [6.07, 6.45) is 0.727. The van der Waals surface area contributed by atoms with E-state index in [2.05, 4.69) is 5.32 Å². The van der Waals surface area contributed by atoms with Gasteiger partial charge in [0.05, 0.1) is 0 Å². The molecule has 1 rings (SSSR count). The summed E-state index contributed by atoms with van der Waals surface area (Å²) in [5.41, 5.74) is 2.15. The standard InChI is InChI=1S/C14H20N2O3/c1-3-8-16(10-13(17)18)14(19)15-9-12-6-4-11(2)5-7-12/h4-7H,3,8-10H2,1-2H3,(H,15,19)(H,17,18). The van der Waals surface area contributed by atoms with E-state index in [9.17, 15) is 9.59 Å². The van der Waals surface area contributed by atoms with Crippen LogP contribution >= 0.6 is 0 Å². The van der Waals surface area contributed by atoms with Crippen molar-refractivity contribution in [2.45, 2.75) is 26.8 Å². The normalized spacial score (nSPS) is 10.0. The topological polar surface area (TPSA) is 69.6 Å². The van der Waals surface area contributed by atoms with Gasteiger partial charge in [0.2, 0.25) is 0 Å². The van der Waals surface area contributed by atoms with Crippen LogP contribution in [-0.2, 0) is 11.3 Å². The molecule has 0 aromatic heterocycles. The van der Waals surface area contributed by atoms with E-state index in [1.54, 1.807) is 0 Å². The molecule has 2 N–H and O–H groups in total. The van der Waals surface area contributed by atoms with E-state index in [-0.39, 0.29) is 12.6 Å². The van der Waals surface area contributed by atoms with Gasteiger partial charge in [0, 0.05) is 13.1 Å². The lowest BCUT2D eigenvalue weighted by atomic mass is 10.1. The molecule has 0 aliphatic rings. The molecule has 0 heterocycles. The van der Waals surface area contributed by atoms with Crippen molar-refractivity contribution in [3.05, 3.63) is 35.4 Å². The molecule has 0 radical (unpaired) electrons. The number of carbonyl (C=O) groups excluding carboxylic acids is 1. The number of hydrogen-bond donors (Lipinski definition) is 2. The maximum absolute atomic E-state index is 11.9. The maximum Gasteiger partial charge on any atom is 0.323 e. The fraction of sp³-hybridized carbons (Fsp3) is 0.429. The third-order valence-corrected chi connectivity index (χ3v) is 2.67. The smallest absolute Gasteiger partial charge is 0.323 e. The summed E-state index contributed by atoms with van der Waals surface area (Å²) in [6.45, 7) is 4.47. The number of carbonyl (C=O) groups is 2. The number of benzene rings is 1. The highest BCUT2D eigenvalue weighted by Crippen LogP contribution is 2.03. The molecule has 0 bridgehead atoms. The quantitative estimate of drug-likeness (QED) is 0.825. The number of hydrogen-bond acceptors (Lipinski definition) is 2. The van der Waals surface area contributed by atoms with Crippen LogP contribution in [0.2, 0.25) is 0 Å². The zero-order valence-electron chi connectivity index (χ0n) is 11.3. The van der Waals surface area contributed by atoms with Crippen molar-refractivity contribution in [1.29, 1.82) is 0 Å². The van der Waals surface area contributed by atoms with Crippen LogP contribution < -0.4 is 5.32 Å². The lowest BCUT2D eigenvalue weighted by Gasteiger charge is -2.20. The number of rotatable bonds is 6. The molecule has 1 aromatic rings. The van der Waals surface area contributed by atoms with E-state index in [4.69, 9.17) is 5.11 Å². The molecular formula is C14H20N2O3. The number of nitrogens with zero attached hydrogens (tertiary/aromatic N) is 1. The number of aryl methyl sites for hydroxylation is 1. The van der Waals surface area contributed by atoms with Gasteiger partial charge in [-0.25, -0.2) is 4.79 Å². The SMILES string of the molecule is CCCN(CC(=O)O)C(=O)NCc1ccc(C)cc1. The molecule has 0 aliphatic carbocycles. The predicted octanol–water partition coefficient (Wildman–Crippen LogP) is 2.00. The summed E-state index contributed by atoms with van der Waals surface area (Å²) in [4.78, 5) is 23.8. The third kappa shape index (κ3) is 5.42. The minimum atomic E-state index is -1.00. The molecule has 0 aliphatic heterocycles. The first kappa shape index (κ1) is 15.0. The minimum Gasteiger partial charge on any atom is -0.480 e. The second-order valence-electron chi connectivity index (χ2n) is 4.46. The maximum atomic E-state index is 11.9. The van der Waals surface area contributed by atoms with Crippen LogP contribution in [0.4, 0.5) is 4.79 Å². The van der Waals surface area contributed by atoms with Crippen LogP contribution in [0.25, 0.3) is 0 Å². The van der Waals surface area contributed by atoms with E-state index >= 15 is 0 Å². The molecule has 104 valence electrons. The lowest BCUT2D eigenvalue weighted by Crippen LogP contribution is -2.42. The van der Waals surface area contributed by atoms with E-state index < -0.39 is 5.97 Å². The summed E-state index contributed by atoms with van der Waals surface area (Å²) in [5.74, 6) is -1.00. The molecule has 0 saturated carbocycles. The second kappa shape index (κ2) is 7.41. The molecule has 2 amide bonds. The Kier molecular flexibility index (Phi) is 5.85. The van der Waals surface area contributed by atoms with Crippen LogP contribution in [0.15, 0.2) is 24.3 Å². The highest BCUT2D eigenvalue weighted by atomic mass is 16.4. The molecule has 5 nitrogen and oxygen atoms in total. The Morgan fingerprint density at radius 2 is 1.89 bits per heavy atom. The summed E-state index contributed by atoms with van der Waals surface area (Å²) >= 11 is 0. The summed E-state index contributed by atoms with van der Waals surface area (Å²) in [7, 11) is 0. The zero-order chi connectivity index (χ0) is 14.3. The predicted molar refractivity (Wildman–Crippen MR) is 72.9 cm³/mol. The number of carboxylic acid groups (broad SMARTS) is 1. The summed E-state index contributed by atoms with van der Waals surface area (Å²) < 4.78 is 0. The average molecular weight is 264 g/mol. The van der Waals surface area contributed by atoms with Gasteiger partial charge in [-0.2, -0.15) is 0 Å². The van der Waals surface area contributed by atoms with Crippen LogP contribution in [0, 0.1) is 6.92 Å². The molecule has 0 unspecified atom stereocenters. The van der Waals surface area contributed by atoms with Crippen LogP contribution in [0.5, 0.6) is 0 Å². The number of urea groups is 1. The summed E-state index contributed by atoms with van der Waals surface area (Å²) in [5, 5.41) is 11.5. The van der Waals surface area contributed by atoms with E-state index in [1.165, 1.54) is 4.90 Å². The number of carboxylic acids is 1. The minimum absolute atomic E-state index is 0.270. The average Bonchev–Trinajstić information content (AvgIpc) is 2.37. The lowest BCUT2D eigenvalue weighted by molar-refractivity contribution is -0.137. The molecule has 0 spiro atoms. The fourth-order valence-corrected chi connectivity index (χ4v) is 1.68. The van der Waals surface area contributed by atoms with Crippen molar-refractivity contribution >= 4 is 12.0 Å². The van der Waals surface area contributed by atoms with Crippen molar-refractivity contribution in [2.24, 2.45) is 0 Å². The van der Waals surface area contributed by atoms with Crippen molar-refractivity contribution in [3.8, 4) is 0 Å². The van der Waals surface area contributed by atoms with Gasteiger partial charge in [0.1, 0.15) is 6.54 Å². The molecule has 1 aromatic carbocycles. The Balaban J connectivity index is 2.51. The number of amides is 2. The highest BCUT2D eigenvalue weighted by Gasteiger charge is 2.15. The fourth-order valence-electron chi connectivity index (χ4n) is 1.68. The van der Waals surface area contributed by atoms with Crippen LogP contribution in [0.1, 0.15) is 24.5 Å². The Hall–Kier alpha value is -2.04. The van der Waals surface area contributed by atoms with Gasteiger partial charge in [0.15, 0.2) is 0 Å². The second-order valence-corrected chi connectivity index (χ2v) is 4.46. The Morgan fingerprint density at radius 1 is 1.26 bits per heavy atom. The van der Waals surface area contributed by atoms with Crippen LogP contribution in [-0.4, -0.2) is 35.1 Å². The van der Waals surface area contributed by atoms with Crippen molar-refractivity contribution in [1.82, 2.24) is 10.2 Å². The van der Waals surface area contributed by atoms with Gasteiger partial charge in [-0.3, -0.25) is 4.79 Å². The Morgan fingerprint density at radius 3 is 2.42 bits per heavy atom. The molecule has 5 heteroatoms. The van der Waals surface area contributed by atoms with Gasteiger partial charge in [0.25, 0.3) is 0 Å². The Labute approximate surface area is 113 Å².